The van der Waals surface area contributed by atoms with Gasteiger partial charge >= 0.3 is 5.97 Å². The Labute approximate surface area is 186 Å². The lowest BCUT2D eigenvalue weighted by Gasteiger charge is -2.11. The molecule has 5 nitrogen and oxygen atoms in total. The first-order valence-corrected chi connectivity index (χ1v) is 9.83. The number of methoxy groups -OCH3 is 1. The maximum Gasteiger partial charge on any atom is 0.349 e. The standard InChI is InChI=1S/C25H20ClNO4/c1-17-12-21(9-10-22(17)26)30-16-25(28)31-23-11-8-18(14-24(23)29-2)13-20(15-27)19-6-4-3-5-7-19/h3-14H,16H2,1-2H3/b20-13+. The SMILES string of the molecule is COc1cc(/C=C(\C#N)c2ccccc2)ccc1OC(=O)COc1ccc(Cl)c(C)c1. The predicted octanol–water partition coefficient (Wildman–Crippen LogP) is 5.71. The zero-order valence-corrected chi connectivity index (χ0v) is 17.8. The van der Waals surface area contributed by atoms with E-state index in [0.29, 0.717) is 22.1 Å². The molecule has 0 amide bonds. The Morgan fingerprint density at radius 1 is 1.06 bits per heavy atom. The monoisotopic (exact) mass is 433 g/mol. The molecule has 0 atom stereocenters. The Hall–Kier alpha value is -3.75. The predicted molar refractivity (Wildman–Crippen MR) is 120 cm³/mol. The van der Waals surface area contributed by atoms with Gasteiger partial charge in [0.2, 0.25) is 0 Å². The molecular weight excluding hydrogens is 414 g/mol. The molecule has 0 bridgehead atoms. The van der Waals surface area contributed by atoms with Crippen molar-refractivity contribution in [3.63, 3.8) is 0 Å². The van der Waals surface area contributed by atoms with Crippen molar-refractivity contribution in [1.82, 2.24) is 0 Å². The molecule has 3 rings (SSSR count). The van der Waals surface area contributed by atoms with Gasteiger partial charge in [0.15, 0.2) is 18.1 Å². The summed E-state index contributed by atoms with van der Waals surface area (Å²) in [5.74, 6) is 0.584. The minimum Gasteiger partial charge on any atom is -0.493 e. The highest BCUT2D eigenvalue weighted by atomic mass is 35.5. The van der Waals surface area contributed by atoms with Crippen LogP contribution in [0, 0.1) is 18.3 Å². The molecule has 3 aromatic carbocycles. The number of aryl methyl sites for hydroxylation is 1. The van der Waals surface area contributed by atoms with Crippen molar-refractivity contribution < 1.29 is 19.0 Å². The van der Waals surface area contributed by atoms with Crippen LogP contribution in [0.25, 0.3) is 11.6 Å². The maximum atomic E-state index is 12.2. The Bertz CT molecular complexity index is 1150. The number of nitriles is 1. The summed E-state index contributed by atoms with van der Waals surface area (Å²) in [5.41, 5.74) is 2.92. The van der Waals surface area contributed by atoms with Gasteiger partial charge in [-0.05, 0) is 60.0 Å². The molecule has 0 aromatic heterocycles. The number of rotatable bonds is 7. The largest absolute Gasteiger partial charge is 0.493 e. The Kier molecular flexibility index (Phi) is 7.31. The summed E-state index contributed by atoms with van der Waals surface area (Å²) in [6.07, 6.45) is 1.75. The van der Waals surface area contributed by atoms with Crippen LogP contribution in [0.5, 0.6) is 17.2 Å². The average molecular weight is 434 g/mol. The molecule has 0 spiro atoms. The first-order chi connectivity index (χ1) is 15.0. The van der Waals surface area contributed by atoms with Crippen LogP contribution in [0.15, 0.2) is 66.7 Å². The number of hydrogen-bond acceptors (Lipinski definition) is 5. The van der Waals surface area contributed by atoms with E-state index >= 15 is 0 Å². The van der Waals surface area contributed by atoms with Gasteiger partial charge in [0.25, 0.3) is 0 Å². The molecule has 156 valence electrons. The van der Waals surface area contributed by atoms with E-state index < -0.39 is 5.97 Å². The fraction of sp³-hybridized carbons (Fsp3) is 0.120. The van der Waals surface area contributed by atoms with Gasteiger partial charge < -0.3 is 14.2 Å². The number of hydrogen-bond donors (Lipinski definition) is 0. The van der Waals surface area contributed by atoms with Crippen LogP contribution in [0.1, 0.15) is 16.7 Å². The second kappa shape index (κ2) is 10.3. The highest BCUT2D eigenvalue weighted by Gasteiger charge is 2.12. The molecule has 0 unspecified atom stereocenters. The Morgan fingerprint density at radius 3 is 2.52 bits per heavy atom. The lowest BCUT2D eigenvalue weighted by molar-refractivity contribution is -0.136. The van der Waals surface area contributed by atoms with Gasteiger partial charge in [0.1, 0.15) is 5.75 Å². The third-order valence-electron chi connectivity index (χ3n) is 4.41. The van der Waals surface area contributed by atoms with Crippen molar-refractivity contribution in [2.75, 3.05) is 13.7 Å². The van der Waals surface area contributed by atoms with Gasteiger partial charge in [-0.2, -0.15) is 5.26 Å². The summed E-state index contributed by atoms with van der Waals surface area (Å²) < 4.78 is 16.2. The van der Waals surface area contributed by atoms with E-state index in [1.165, 1.54) is 7.11 Å². The lowest BCUT2D eigenvalue weighted by atomic mass is 10.0. The topological polar surface area (TPSA) is 68.5 Å². The summed E-state index contributed by atoms with van der Waals surface area (Å²) >= 11 is 5.99. The summed E-state index contributed by atoms with van der Waals surface area (Å²) in [5, 5.41) is 10.1. The van der Waals surface area contributed by atoms with Crippen molar-refractivity contribution >= 4 is 29.2 Å². The summed E-state index contributed by atoms with van der Waals surface area (Å²) in [7, 11) is 1.48. The van der Waals surface area contributed by atoms with E-state index in [4.69, 9.17) is 25.8 Å². The van der Waals surface area contributed by atoms with Gasteiger partial charge in [-0.1, -0.05) is 48.0 Å². The van der Waals surface area contributed by atoms with Crippen LogP contribution in [0.4, 0.5) is 0 Å². The summed E-state index contributed by atoms with van der Waals surface area (Å²) in [6.45, 7) is 1.59. The molecule has 0 fully saturated rings. The smallest absolute Gasteiger partial charge is 0.349 e. The number of nitrogens with zero attached hydrogens (tertiary/aromatic N) is 1. The van der Waals surface area contributed by atoms with Gasteiger partial charge in [-0.25, -0.2) is 4.79 Å². The van der Waals surface area contributed by atoms with Crippen LogP contribution in [-0.2, 0) is 4.79 Å². The van der Waals surface area contributed by atoms with Crippen LogP contribution in [0.2, 0.25) is 5.02 Å². The molecule has 0 saturated carbocycles. The molecule has 0 heterocycles. The highest BCUT2D eigenvalue weighted by Crippen LogP contribution is 2.30. The number of esters is 1. The molecular formula is C25H20ClNO4. The first kappa shape index (κ1) is 21.9. The molecule has 0 aliphatic rings. The van der Waals surface area contributed by atoms with E-state index in [0.717, 1.165) is 16.7 Å². The zero-order valence-electron chi connectivity index (χ0n) is 17.1. The van der Waals surface area contributed by atoms with Gasteiger partial charge in [0, 0.05) is 5.02 Å². The molecule has 0 radical (unpaired) electrons. The molecule has 0 aliphatic carbocycles. The molecule has 31 heavy (non-hydrogen) atoms. The van der Waals surface area contributed by atoms with Crippen molar-refractivity contribution in [2.45, 2.75) is 6.92 Å². The minimum absolute atomic E-state index is 0.263. The third kappa shape index (κ3) is 5.88. The number of ether oxygens (including phenoxy) is 3. The van der Waals surface area contributed by atoms with Crippen molar-refractivity contribution in [1.29, 1.82) is 5.26 Å². The van der Waals surface area contributed by atoms with E-state index in [-0.39, 0.29) is 12.4 Å². The molecule has 0 aliphatic heterocycles. The lowest BCUT2D eigenvalue weighted by Crippen LogP contribution is -2.18. The van der Waals surface area contributed by atoms with Crippen molar-refractivity contribution in [3.05, 3.63) is 88.4 Å². The van der Waals surface area contributed by atoms with Crippen LogP contribution >= 0.6 is 11.6 Å². The number of carbonyl (C=O) groups is 1. The Morgan fingerprint density at radius 2 is 1.84 bits per heavy atom. The van der Waals surface area contributed by atoms with Crippen LogP contribution in [-0.4, -0.2) is 19.7 Å². The quantitative estimate of drug-likeness (QED) is 0.207. The second-order valence-electron chi connectivity index (χ2n) is 6.62. The van der Waals surface area contributed by atoms with Crippen LogP contribution in [0.3, 0.4) is 0 Å². The van der Waals surface area contributed by atoms with E-state index in [1.54, 1.807) is 42.5 Å². The fourth-order valence-electron chi connectivity index (χ4n) is 2.82. The van der Waals surface area contributed by atoms with Crippen molar-refractivity contribution in [2.24, 2.45) is 0 Å². The third-order valence-corrected chi connectivity index (χ3v) is 4.84. The second-order valence-corrected chi connectivity index (χ2v) is 7.03. The van der Waals surface area contributed by atoms with E-state index in [1.807, 2.05) is 37.3 Å². The number of carbonyl (C=O) groups excluding carboxylic acids is 1. The number of allylic oxidation sites excluding steroid dienone is 1. The number of benzene rings is 3. The normalized spacial score (nSPS) is 10.8. The van der Waals surface area contributed by atoms with E-state index in [2.05, 4.69) is 6.07 Å². The fourth-order valence-corrected chi connectivity index (χ4v) is 2.94. The summed E-state index contributed by atoms with van der Waals surface area (Å²) in [4.78, 5) is 12.2. The van der Waals surface area contributed by atoms with Gasteiger partial charge in [0.05, 0.1) is 18.8 Å². The van der Waals surface area contributed by atoms with Crippen LogP contribution < -0.4 is 14.2 Å². The first-order valence-electron chi connectivity index (χ1n) is 9.45. The average Bonchev–Trinajstić information content (AvgIpc) is 2.79. The maximum absolute atomic E-state index is 12.2. The molecule has 6 heteroatoms. The van der Waals surface area contributed by atoms with Gasteiger partial charge in [-0.3, -0.25) is 0 Å². The Balaban J connectivity index is 1.71. The molecule has 0 N–H and O–H groups in total. The molecule has 0 saturated heterocycles. The summed E-state index contributed by atoms with van der Waals surface area (Å²) in [6, 6.07) is 21.8. The van der Waals surface area contributed by atoms with Gasteiger partial charge in [-0.15, -0.1) is 0 Å². The van der Waals surface area contributed by atoms with Crippen molar-refractivity contribution in [3.8, 4) is 23.3 Å². The minimum atomic E-state index is -0.573. The highest BCUT2D eigenvalue weighted by molar-refractivity contribution is 6.31. The zero-order chi connectivity index (χ0) is 22.2. The van der Waals surface area contributed by atoms with E-state index in [9.17, 15) is 10.1 Å². The molecule has 3 aromatic rings. The number of halogens is 1.